The SMILES string of the molecule is C#C.CCCN(CC)c1nc(Nc2cc(C3(C)CC3)[nH]n2)c2cccn2n1.O=CNc1ncc(Cl)s1. The van der Waals surface area contributed by atoms with Crippen molar-refractivity contribution in [1.29, 1.82) is 0 Å². The zero-order valence-electron chi connectivity index (χ0n) is 20.5. The number of aromatic nitrogens is 6. The molecular formula is C24H30ClN9OS. The van der Waals surface area contributed by atoms with E-state index >= 15 is 0 Å². The predicted molar refractivity (Wildman–Crippen MR) is 146 cm³/mol. The van der Waals surface area contributed by atoms with E-state index in [9.17, 15) is 4.79 Å². The van der Waals surface area contributed by atoms with Gasteiger partial charge in [0, 0.05) is 36.5 Å². The fourth-order valence-electron chi connectivity index (χ4n) is 3.46. The maximum atomic E-state index is 9.80. The zero-order valence-corrected chi connectivity index (χ0v) is 22.1. The van der Waals surface area contributed by atoms with E-state index in [2.05, 4.69) is 75.5 Å². The number of halogens is 1. The monoisotopic (exact) mass is 527 g/mol. The smallest absolute Gasteiger partial charge is 0.245 e. The molecule has 1 saturated carbocycles. The second-order valence-corrected chi connectivity index (χ2v) is 9.92. The Kier molecular flexibility index (Phi) is 9.27. The summed E-state index contributed by atoms with van der Waals surface area (Å²) in [5.74, 6) is 2.32. The van der Waals surface area contributed by atoms with Crippen LogP contribution >= 0.6 is 22.9 Å². The summed E-state index contributed by atoms with van der Waals surface area (Å²) in [4.78, 5) is 20.5. The molecule has 1 fully saturated rings. The van der Waals surface area contributed by atoms with Gasteiger partial charge in [0.15, 0.2) is 16.8 Å². The van der Waals surface area contributed by atoms with Crippen LogP contribution in [0.2, 0.25) is 4.34 Å². The van der Waals surface area contributed by atoms with Gasteiger partial charge in [-0.05, 0) is 38.3 Å². The van der Waals surface area contributed by atoms with Gasteiger partial charge in [0.1, 0.15) is 9.85 Å². The molecule has 0 saturated heterocycles. The number of terminal acetylenes is 1. The van der Waals surface area contributed by atoms with Crippen LogP contribution < -0.4 is 15.5 Å². The van der Waals surface area contributed by atoms with Crippen molar-refractivity contribution < 1.29 is 4.79 Å². The number of aromatic amines is 1. The van der Waals surface area contributed by atoms with Crippen LogP contribution in [0.1, 0.15) is 45.7 Å². The Hall–Kier alpha value is -3.62. The highest BCUT2D eigenvalue weighted by atomic mass is 35.5. The number of anilines is 4. The minimum absolute atomic E-state index is 0.272. The summed E-state index contributed by atoms with van der Waals surface area (Å²) >= 11 is 6.72. The Bertz CT molecular complexity index is 1290. The topological polar surface area (TPSA) is 116 Å². The largest absolute Gasteiger partial charge is 0.340 e. The lowest BCUT2D eigenvalue weighted by atomic mass is 10.1. The molecule has 5 rings (SSSR count). The van der Waals surface area contributed by atoms with Gasteiger partial charge in [-0.15, -0.1) is 17.9 Å². The number of nitrogens with one attached hydrogen (secondary N) is 3. The van der Waals surface area contributed by atoms with Crippen LogP contribution in [0.25, 0.3) is 5.52 Å². The summed E-state index contributed by atoms with van der Waals surface area (Å²) < 4.78 is 2.44. The van der Waals surface area contributed by atoms with E-state index in [0.717, 1.165) is 42.6 Å². The van der Waals surface area contributed by atoms with E-state index < -0.39 is 0 Å². The second kappa shape index (κ2) is 12.4. The minimum Gasteiger partial charge on any atom is -0.340 e. The third kappa shape index (κ3) is 6.53. The van der Waals surface area contributed by atoms with E-state index in [4.69, 9.17) is 16.6 Å². The summed E-state index contributed by atoms with van der Waals surface area (Å²) in [7, 11) is 0. The Balaban J connectivity index is 0.000000276. The van der Waals surface area contributed by atoms with E-state index in [1.54, 1.807) is 0 Å². The fraction of sp³-hybridized carbons (Fsp3) is 0.375. The number of H-pyrrole nitrogens is 1. The lowest BCUT2D eigenvalue weighted by molar-refractivity contribution is -0.105. The number of nitrogens with zero attached hydrogens (tertiary/aromatic N) is 6. The van der Waals surface area contributed by atoms with Gasteiger partial charge < -0.3 is 15.5 Å². The van der Waals surface area contributed by atoms with Crippen molar-refractivity contribution >= 4 is 57.6 Å². The molecule has 0 atom stereocenters. The molecule has 1 amide bonds. The van der Waals surface area contributed by atoms with Gasteiger partial charge >= 0.3 is 0 Å². The number of hydrogen-bond acceptors (Lipinski definition) is 8. The van der Waals surface area contributed by atoms with Gasteiger partial charge in [0.2, 0.25) is 12.4 Å². The van der Waals surface area contributed by atoms with Gasteiger partial charge in [0.05, 0.1) is 6.20 Å². The lowest BCUT2D eigenvalue weighted by Gasteiger charge is -2.20. The van der Waals surface area contributed by atoms with Crippen LogP contribution in [0.15, 0.2) is 30.6 Å². The molecule has 0 aromatic carbocycles. The zero-order chi connectivity index (χ0) is 26.1. The molecule has 190 valence electrons. The molecule has 10 nitrogen and oxygen atoms in total. The number of amides is 1. The van der Waals surface area contributed by atoms with Crippen molar-refractivity contribution in [2.75, 3.05) is 28.6 Å². The summed E-state index contributed by atoms with van der Waals surface area (Å²) in [5.41, 5.74) is 2.41. The molecular weight excluding hydrogens is 498 g/mol. The van der Waals surface area contributed by atoms with Crippen LogP contribution in [0.4, 0.5) is 22.7 Å². The van der Waals surface area contributed by atoms with Gasteiger partial charge in [-0.25, -0.2) is 9.50 Å². The van der Waals surface area contributed by atoms with Crippen molar-refractivity contribution in [2.24, 2.45) is 0 Å². The van der Waals surface area contributed by atoms with Crippen molar-refractivity contribution in [3.05, 3.63) is 40.6 Å². The molecule has 4 heterocycles. The molecule has 0 bridgehead atoms. The number of rotatable bonds is 9. The highest BCUT2D eigenvalue weighted by molar-refractivity contribution is 7.19. The molecule has 12 heteroatoms. The Morgan fingerprint density at radius 1 is 1.36 bits per heavy atom. The molecule has 4 aromatic rings. The van der Waals surface area contributed by atoms with E-state index in [-0.39, 0.29) is 5.41 Å². The maximum Gasteiger partial charge on any atom is 0.245 e. The summed E-state index contributed by atoms with van der Waals surface area (Å²) in [6.45, 7) is 8.38. The number of hydrogen-bond donors (Lipinski definition) is 3. The number of thiazole rings is 1. The van der Waals surface area contributed by atoms with Gasteiger partial charge in [-0.1, -0.05) is 36.8 Å². The molecule has 0 radical (unpaired) electrons. The Labute approximate surface area is 219 Å². The quantitative estimate of drug-likeness (QED) is 0.205. The van der Waals surface area contributed by atoms with Crippen LogP contribution in [-0.4, -0.2) is 49.3 Å². The van der Waals surface area contributed by atoms with Crippen molar-refractivity contribution in [3.8, 4) is 12.8 Å². The standard InChI is InChI=1S/C18H25N7.C4H3ClN2OS.C2H2/c1-4-10-24(5-2)17-20-16(13-7-6-11-25(13)23-17)19-15-12-14(21-22-15)18(3)8-9-18;5-3-1-6-4(9-3)7-2-8;1-2/h6-7,11-12H,4-5,8-10H2,1-3H3,(H2,19,20,21,22,23);1-2H,(H,6,7,8);1-2H. The maximum absolute atomic E-state index is 9.80. The third-order valence-electron chi connectivity index (χ3n) is 5.67. The third-order valence-corrected chi connectivity index (χ3v) is 6.72. The molecule has 3 N–H and O–H groups in total. The van der Waals surface area contributed by atoms with Gasteiger partial charge in [0.25, 0.3) is 0 Å². The van der Waals surface area contributed by atoms with Crippen molar-refractivity contribution in [1.82, 2.24) is 29.8 Å². The highest BCUT2D eigenvalue weighted by Gasteiger charge is 2.40. The molecule has 0 aliphatic heterocycles. The normalized spacial score (nSPS) is 13.1. The van der Waals surface area contributed by atoms with Gasteiger partial charge in [-0.3, -0.25) is 9.89 Å². The number of fused-ring (bicyclic) bond motifs is 1. The average molecular weight is 528 g/mol. The summed E-state index contributed by atoms with van der Waals surface area (Å²) in [6, 6.07) is 6.09. The average Bonchev–Trinajstić information content (AvgIpc) is 3.28. The predicted octanol–water partition coefficient (Wildman–Crippen LogP) is 5.10. The van der Waals surface area contributed by atoms with Crippen molar-refractivity contribution in [3.63, 3.8) is 0 Å². The Morgan fingerprint density at radius 2 is 2.14 bits per heavy atom. The summed E-state index contributed by atoms with van der Waals surface area (Å²) in [6.07, 6.45) is 15.5. The van der Waals surface area contributed by atoms with Crippen LogP contribution in [0.5, 0.6) is 0 Å². The van der Waals surface area contributed by atoms with E-state index in [0.29, 0.717) is 15.9 Å². The second-order valence-electron chi connectivity index (χ2n) is 8.26. The van der Waals surface area contributed by atoms with E-state index in [1.165, 1.54) is 36.1 Å². The molecule has 1 aliphatic rings. The first-order chi connectivity index (χ1) is 17.5. The first kappa shape index (κ1) is 27.0. The number of carbonyl (C=O) groups is 1. The van der Waals surface area contributed by atoms with Crippen molar-refractivity contribution in [2.45, 2.75) is 45.4 Å². The van der Waals surface area contributed by atoms with E-state index in [1.807, 2.05) is 22.8 Å². The van der Waals surface area contributed by atoms with Crippen LogP contribution in [0, 0.1) is 12.8 Å². The fourth-order valence-corrected chi connectivity index (χ4v) is 4.23. The highest BCUT2D eigenvalue weighted by Crippen LogP contribution is 2.47. The first-order valence-electron chi connectivity index (χ1n) is 11.5. The molecule has 0 spiro atoms. The minimum atomic E-state index is 0.272. The van der Waals surface area contributed by atoms with Gasteiger partial charge in [-0.2, -0.15) is 10.1 Å². The van der Waals surface area contributed by atoms with Crippen LogP contribution in [-0.2, 0) is 10.2 Å². The lowest BCUT2D eigenvalue weighted by Crippen LogP contribution is -2.26. The Morgan fingerprint density at radius 3 is 2.75 bits per heavy atom. The number of carbonyl (C=O) groups excluding carboxylic acids is 1. The van der Waals surface area contributed by atoms with Crippen LogP contribution in [0.3, 0.4) is 0 Å². The molecule has 36 heavy (non-hydrogen) atoms. The molecule has 1 aliphatic carbocycles. The molecule has 0 unspecified atom stereocenters. The molecule has 4 aromatic heterocycles. The summed E-state index contributed by atoms with van der Waals surface area (Å²) in [5, 5.41) is 18.5. The first-order valence-corrected chi connectivity index (χ1v) is 12.7.